The van der Waals surface area contributed by atoms with Gasteiger partial charge < -0.3 is 5.32 Å². The minimum absolute atomic E-state index is 0.0216. The first kappa shape index (κ1) is 8.05. The van der Waals surface area contributed by atoms with Crippen LogP contribution in [0.3, 0.4) is 0 Å². The van der Waals surface area contributed by atoms with Gasteiger partial charge in [-0.1, -0.05) is 5.21 Å². The standard InChI is InChI=1S/C5H7N7S/c1-3(4-9-11-12-10-4)8-5-6-2-7-13-5/h2-3H,1H3,(H,6,7,8)(H,9,10,11,12). The van der Waals surface area contributed by atoms with E-state index in [-0.39, 0.29) is 6.04 Å². The van der Waals surface area contributed by atoms with Crippen LogP contribution < -0.4 is 5.32 Å². The van der Waals surface area contributed by atoms with E-state index in [9.17, 15) is 0 Å². The molecule has 13 heavy (non-hydrogen) atoms. The fourth-order valence-corrected chi connectivity index (χ4v) is 1.36. The Kier molecular flexibility index (Phi) is 2.13. The first-order chi connectivity index (χ1) is 6.36. The van der Waals surface area contributed by atoms with Gasteiger partial charge in [0.1, 0.15) is 6.33 Å². The van der Waals surface area contributed by atoms with Gasteiger partial charge in [0.15, 0.2) is 5.82 Å². The van der Waals surface area contributed by atoms with Gasteiger partial charge in [-0.15, -0.1) is 10.2 Å². The number of nitrogens with zero attached hydrogens (tertiary/aromatic N) is 5. The first-order valence-corrected chi connectivity index (χ1v) is 4.40. The first-order valence-electron chi connectivity index (χ1n) is 3.63. The molecule has 68 valence electrons. The van der Waals surface area contributed by atoms with Gasteiger partial charge in [-0.2, -0.15) is 9.59 Å². The monoisotopic (exact) mass is 197 g/mol. The molecule has 2 aromatic heterocycles. The van der Waals surface area contributed by atoms with Crippen LogP contribution in [0.2, 0.25) is 0 Å². The average molecular weight is 197 g/mol. The van der Waals surface area contributed by atoms with Crippen molar-refractivity contribution in [3.8, 4) is 0 Å². The number of hydrogen-bond acceptors (Lipinski definition) is 7. The van der Waals surface area contributed by atoms with E-state index in [1.54, 1.807) is 0 Å². The lowest BCUT2D eigenvalue weighted by Crippen LogP contribution is -2.08. The minimum atomic E-state index is -0.0216. The third-order valence-corrected chi connectivity index (χ3v) is 2.05. The number of tetrazole rings is 1. The van der Waals surface area contributed by atoms with Crippen LogP contribution in [0.4, 0.5) is 5.13 Å². The Hall–Kier alpha value is -1.57. The molecule has 2 aromatic rings. The van der Waals surface area contributed by atoms with Crippen molar-refractivity contribution in [2.24, 2.45) is 0 Å². The summed E-state index contributed by atoms with van der Waals surface area (Å²) >= 11 is 1.29. The van der Waals surface area contributed by atoms with Gasteiger partial charge >= 0.3 is 0 Å². The van der Waals surface area contributed by atoms with Crippen molar-refractivity contribution in [3.63, 3.8) is 0 Å². The Morgan fingerprint density at radius 3 is 3.15 bits per heavy atom. The van der Waals surface area contributed by atoms with Gasteiger partial charge in [0, 0.05) is 11.5 Å². The summed E-state index contributed by atoms with van der Waals surface area (Å²) in [6, 6.07) is -0.0216. The molecule has 0 amide bonds. The molecule has 0 radical (unpaired) electrons. The number of aromatic amines is 1. The van der Waals surface area contributed by atoms with Crippen molar-refractivity contribution in [3.05, 3.63) is 12.2 Å². The van der Waals surface area contributed by atoms with Crippen molar-refractivity contribution in [1.82, 2.24) is 30.0 Å². The highest BCUT2D eigenvalue weighted by Gasteiger charge is 2.10. The van der Waals surface area contributed by atoms with Gasteiger partial charge in [-0.05, 0) is 6.92 Å². The number of hydrogen-bond donors (Lipinski definition) is 2. The lowest BCUT2D eigenvalue weighted by atomic mass is 10.3. The minimum Gasteiger partial charge on any atom is -0.350 e. The summed E-state index contributed by atoms with van der Waals surface area (Å²) < 4.78 is 3.86. The quantitative estimate of drug-likeness (QED) is 0.731. The number of rotatable bonds is 3. The van der Waals surface area contributed by atoms with Crippen LogP contribution in [-0.2, 0) is 0 Å². The Morgan fingerprint density at radius 2 is 2.54 bits per heavy atom. The van der Waals surface area contributed by atoms with Crippen LogP contribution in [0.5, 0.6) is 0 Å². The predicted octanol–water partition coefficient (Wildman–Crippen LogP) is 0.224. The van der Waals surface area contributed by atoms with Crippen LogP contribution in [0.25, 0.3) is 0 Å². The third-order valence-electron chi connectivity index (χ3n) is 1.45. The molecule has 2 N–H and O–H groups in total. The summed E-state index contributed by atoms with van der Waals surface area (Å²) in [5, 5.41) is 17.4. The predicted molar refractivity (Wildman–Crippen MR) is 46.1 cm³/mol. The van der Waals surface area contributed by atoms with Crippen molar-refractivity contribution in [1.29, 1.82) is 0 Å². The van der Waals surface area contributed by atoms with Crippen molar-refractivity contribution < 1.29 is 0 Å². The highest BCUT2D eigenvalue weighted by atomic mass is 32.1. The van der Waals surface area contributed by atoms with E-state index in [4.69, 9.17) is 0 Å². The lowest BCUT2D eigenvalue weighted by molar-refractivity contribution is 0.792. The topological polar surface area (TPSA) is 92.3 Å². The van der Waals surface area contributed by atoms with Gasteiger partial charge in [0.25, 0.3) is 0 Å². The molecule has 0 saturated heterocycles. The van der Waals surface area contributed by atoms with Gasteiger partial charge in [-0.3, -0.25) is 0 Å². The van der Waals surface area contributed by atoms with Gasteiger partial charge in [0.2, 0.25) is 5.13 Å². The second kappa shape index (κ2) is 3.44. The number of aromatic nitrogens is 6. The fourth-order valence-electron chi connectivity index (χ4n) is 0.839. The maximum Gasteiger partial charge on any atom is 0.202 e. The molecule has 0 aromatic carbocycles. The maximum atomic E-state index is 3.98. The molecule has 1 unspecified atom stereocenters. The summed E-state index contributed by atoms with van der Waals surface area (Å²) in [7, 11) is 0. The van der Waals surface area contributed by atoms with Gasteiger partial charge in [0.05, 0.1) is 6.04 Å². The fraction of sp³-hybridized carbons (Fsp3) is 0.400. The summed E-state index contributed by atoms with van der Waals surface area (Å²) in [6.45, 7) is 1.92. The second-order valence-electron chi connectivity index (χ2n) is 2.38. The second-order valence-corrected chi connectivity index (χ2v) is 3.16. The summed E-state index contributed by atoms with van der Waals surface area (Å²) in [5.74, 6) is 0.607. The number of H-pyrrole nitrogens is 1. The van der Waals surface area contributed by atoms with Crippen LogP contribution in [0, 0.1) is 0 Å². The molecule has 0 aliphatic carbocycles. The molecular weight excluding hydrogens is 190 g/mol. The zero-order valence-corrected chi connectivity index (χ0v) is 7.62. The SMILES string of the molecule is CC(Nc1ncns1)c1nn[nH]n1. The zero-order chi connectivity index (χ0) is 9.10. The molecule has 7 nitrogen and oxygen atoms in total. The molecule has 0 saturated carbocycles. The molecule has 0 fully saturated rings. The van der Waals surface area contributed by atoms with E-state index < -0.39 is 0 Å². The van der Waals surface area contributed by atoms with Crippen LogP contribution >= 0.6 is 11.5 Å². The normalized spacial score (nSPS) is 12.7. The molecule has 2 heterocycles. The molecule has 0 bridgehead atoms. The van der Waals surface area contributed by atoms with E-state index in [1.165, 1.54) is 17.9 Å². The van der Waals surface area contributed by atoms with E-state index in [0.717, 1.165) is 5.13 Å². The Bertz CT molecular complexity index is 341. The highest BCUT2D eigenvalue weighted by Crippen LogP contribution is 2.15. The molecule has 0 aliphatic heterocycles. The smallest absolute Gasteiger partial charge is 0.202 e. The largest absolute Gasteiger partial charge is 0.350 e. The molecular formula is C5H7N7S. The number of nitrogens with one attached hydrogen (secondary N) is 2. The highest BCUT2D eigenvalue weighted by molar-refractivity contribution is 7.09. The van der Waals surface area contributed by atoms with E-state index in [0.29, 0.717) is 5.82 Å². The van der Waals surface area contributed by atoms with Crippen molar-refractivity contribution >= 4 is 16.7 Å². The van der Waals surface area contributed by atoms with Crippen LogP contribution in [-0.4, -0.2) is 30.0 Å². The molecule has 8 heteroatoms. The van der Waals surface area contributed by atoms with Crippen molar-refractivity contribution in [2.75, 3.05) is 5.32 Å². The Morgan fingerprint density at radius 1 is 1.62 bits per heavy atom. The lowest BCUT2D eigenvalue weighted by Gasteiger charge is -2.06. The maximum absolute atomic E-state index is 3.98. The van der Waals surface area contributed by atoms with Crippen molar-refractivity contribution in [2.45, 2.75) is 13.0 Å². The zero-order valence-electron chi connectivity index (χ0n) is 6.80. The molecule has 0 spiro atoms. The summed E-state index contributed by atoms with van der Waals surface area (Å²) in [5.41, 5.74) is 0. The Labute approximate surface area is 77.8 Å². The third kappa shape index (κ3) is 1.78. The van der Waals surface area contributed by atoms with Crippen LogP contribution in [0.15, 0.2) is 6.33 Å². The number of anilines is 1. The molecule has 1 atom stereocenters. The van der Waals surface area contributed by atoms with E-state index >= 15 is 0 Å². The summed E-state index contributed by atoms with van der Waals surface area (Å²) in [6.07, 6.45) is 1.50. The average Bonchev–Trinajstić information content (AvgIpc) is 2.74. The van der Waals surface area contributed by atoms with E-state index in [1.807, 2.05) is 6.92 Å². The van der Waals surface area contributed by atoms with Gasteiger partial charge in [-0.25, -0.2) is 4.98 Å². The van der Waals surface area contributed by atoms with Crippen LogP contribution in [0.1, 0.15) is 18.8 Å². The molecule has 0 aliphatic rings. The molecule has 2 rings (SSSR count). The summed E-state index contributed by atoms with van der Waals surface area (Å²) in [4.78, 5) is 3.98. The van der Waals surface area contributed by atoms with E-state index in [2.05, 4.69) is 35.3 Å². The Balaban J connectivity index is 2.04.